The molecule has 0 aliphatic rings. The summed E-state index contributed by atoms with van der Waals surface area (Å²) >= 11 is 0. The molecule has 0 aromatic heterocycles. The minimum atomic E-state index is 0.659. The number of nitrogens with one attached hydrogen (secondary N) is 1. The third-order valence-corrected chi connectivity index (χ3v) is 3.17. The fourth-order valence-electron chi connectivity index (χ4n) is 2.11. The number of rotatable bonds is 7. The van der Waals surface area contributed by atoms with Crippen molar-refractivity contribution in [3.05, 3.63) is 34.9 Å². The molecule has 0 amide bonds. The van der Waals surface area contributed by atoms with Crippen LogP contribution in [0.15, 0.2) is 18.2 Å². The monoisotopic (exact) mass is 235 g/mol. The first-order valence-corrected chi connectivity index (χ1v) is 6.40. The Bertz CT molecular complexity index is 315. The molecule has 0 bridgehead atoms. The van der Waals surface area contributed by atoms with E-state index in [9.17, 15) is 0 Å². The van der Waals surface area contributed by atoms with E-state index < -0.39 is 0 Å². The summed E-state index contributed by atoms with van der Waals surface area (Å²) < 4.78 is 5.02. The van der Waals surface area contributed by atoms with Gasteiger partial charge < -0.3 is 10.1 Å². The predicted octanol–water partition coefficient (Wildman–Crippen LogP) is 2.72. The van der Waals surface area contributed by atoms with E-state index in [2.05, 4.69) is 44.3 Å². The summed E-state index contributed by atoms with van der Waals surface area (Å²) in [4.78, 5) is 0. The van der Waals surface area contributed by atoms with Crippen LogP contribution in [0.2, 0.25) is 0 Å². The molecule has 1 aromatic rings. The SMILES string of the molecule is COCCNCC(C)Cc1c(C)cccc1C. The molecule has 1 aromatic carbocycles. The van der Waals surface area contributed by atoms with E-state index >= 15 is 0 Å². The van der Waals surface area contributed by atoms with Gasteiger partial charge in [0.1, 0.15) is 0 Å². The first kappa shape index (κ1) is 14.2. The minimum Gasteiger partial charge on any atom is -0.383 e. The Kier molecular flexibility index (Phi) is 6.23. The third-order valence-electron chi connectivity index (χ3n) is 3.17. The molecule has 0 heterocycles. The average Bonchev–Trinajstić information content (AvgIpc) is 2.30. The molecule has 1 N–H and O–H groups in total. The van der Waals surface area contributed by atoms with Crippen molar-refractivity contribution in [3.63, 3.8) is 0 Å². The van der Waals surface area contributed by atoms with Crippen LogP contribution >= 0.6 is 0 Å². The predicted molar refractivity (Wildman–Crippen MR) is 73.5 cm³/mol. The van der Waals surface area contributed by atoms with Crippen molar-refractivity contribution >= 4 is 0 Å². The molecule has 0 radical (unpaired) electrons. The molecule has 0 spiro atoms. The fraction of sp³-hybridized carbons (Fsp3) is 0.600. The van der Waals surface area contributed by atoms with Gasteiger partial charge in [-0.05, 0) is 49.4 Å². The lowest BCUT2D eigenvalue weighted by Crippen LogP contribution is -2.26. The van der Waals surface area contributed by atoms with Crippen LogP contribution < -0.4 is 5.32 Å². The Morgan fingerprint density at radius 2 is 1.88 bits per heavy atom. The zero-order valence-electron chi connectivity index (χ0n) is 11.5. The normalized spacial score (nSPS) is 12.7. The maximum absolute atomic E-state index is 5.02. The van der Waals surface area contributed by atoms with Crippen LogP contribution in [0.1, 0.15) is 23.6 Å². The molecule has 17 heavy (non-hydrogen) atoms. The van der Waals surface area contributed by atoms with Crippen LogP contribution in [0.5, 0.6) is 0 Å². The molecule has 2 heteroatoms. The second-order valence-electron chi connectivity index (χ2n) is 4.88. The first-order valence-electron chi connectivity index (χ1n) is 6.40. The average molecular weight is 235 g/mol. The number of hydrogen-bond acceptors (Lipinski definition) is 2. The van der Waals surface area contributed by atoms with Crippen LogP contribution in [0, 0.1) is 19.8 Å². The second kappa shape index (κ2) is 7.46. The van der Waals surface area contributed by atoms with E-state index in [4.69, 9.17) is 4.74 Å². The van der Waals surface area contributed by atoms with Gasteiger partial charge in [0.2, 0.25) is 0 Å². The van der Waals surface area contributed by atoms with E-state index in [0.29, 0.717) is 5.92 Å². The molecule has 2 nitrogen and oxygen atoms in total. The number of benzene rings is 1. The lowest BCUT2D eigenvalue weighted by Gasteiger charge is -2.16. The smallest absolute Gasteiger partial charge is 0.0587 e. The lowest BCUT2D eigenvalue weighted by atomic mass is 9.93. The molecule has 0 fully saturated rings. The van der Waals surface area contributed by atoms with Crippen molar-refractivity contribution in [2.24, 2.45) is 5.92 Å². The first-order chi connectivity index (χ1) is 8.15. The minimum absolute atomic E-state index is 0.659. The Morgan fingerprint density at radius 1 is 1.24 bits per heavy atom. The molecular formula is C15H25NO. The summed E-state index contributed by atoms with van der Waals surface area (Å²) in [5.74, 6) is 0.659. The molecule has 0 saturated carbocycles. The van der Waals surface area contributed by atoms with Gasteiger partial charge in [0.25, 0.3) is 0 Å². The van der Waals surface area contributed by atoms with Crippen LogP contribution in [0.4, 0.5) is 0 Å². The quantitative estimate of drug-likeness (QED) is 0.734. The second-order valence-corrected chi connectivity index (χ2v) is 4.88. The molecular weight excluding hydrogens is 210 g/mol. The summed E-state index contributed by atoms with van der Waals surface area (Å²) in [6.45, 7) is 9.48. The van der Waals surface area contributed by atoms with E-state index in [-0.39, 0.29) is 0 Å². The highest BCUT2D eigenvalue weighted by Gasteiger charge is 2.07. The van der Waals surface area contributed by atoms with E-state index in [0.717, 1.165) is 26.1 Å². The standard InChI is InChI=1S/C15H25NO/c1-12(11-16-8-9-17-4)10-15-13(2)6-5-7-14(15)3/h5-7,12,16H,8-11H2,1-4H3. The van der Waals surface area contributed by atoms with Gasteiger partial charge in [0.05, 0.1) is 6.61 Å². The van der Waals surface area contributed by atoms with Crippen molar-refractivity contribution in [3.8, 4) is 0 Å². The van der Waals surface area contributed by atoms with Gasteiger partial charge in [0.15, 0.2) is 0 Å². The van der Waals surface area contributed by atoms with Gasteiger partial charge in [-0.2, -0.15) is 0 Å². The van der Waals surface area contributed by atoms with Gasteiger partial charge in [-0.15, -0.1) is 0 Å². The molecule has 1 rings (SSSR count). The summed E-state index contributed by atoms with van der Waals surface area (Å²) in [5.41, 5.74) is 4.33. The topological polar surface area (TPSA) is 21.3 Å². The highest BCUT2D eigenvalue weighted by molar-refractivity contribution is 5.33. The van der Waals surface area contributed by atoms with Crippen molar-refractivity contribution in [1.29, 1.82) is 0 Å². The Labute approximate surface area is 105 Å². The molecule has 1 unspecified atom stereocenters. The summed E-state index contributed by atoms with van der Waals surface area (Å²) in [5, 5.41) is 3.42. The third kappa shape index (κ3) is 4.88. The van der Waals surface area contributed by atoms with Crippen LogP contribution in [-0.4, -0.2) is 26.8 Å². The Hall–Kier alpha value is -0.860. The molecule has 96 valence electrons. The number of ether oxygens (including phenoxy) is 1. The van der Waals surface area contributed by atoms with Crippen LogP contribution in [0.3, 0.4) is 0 Å². The summed E-state index contributed by atoms with van der Waals surface area (Å²) in [6.07, 6.45) is 1.15. The van der Waals surface area contributed by atoms with Crippen molar-refractivity contribution in [2.45, 2.75) is 27.2 Å². The molecule has 0 saturated heterocycles. The largest absolute Gasteiger partial charge is 0.383 e. The Morgan fingerprint density at radius 3 is 2.47 bits per heavy atom. The van der Waals surface area contributed by atoms with Gasteiger partial charge in [0, 0.05) is 13.7 Å². The van der Waals surface area contributed by atoms with E-state index in [1.165, 1.54) is 16.7 Å². The zero-order valence-corrected chi connectivity index (χ0v) is 11.5. The zero-order chi connectivity index (χ0) is 12.7. The summed E-state index contributed by atoms with van der Waals surface area (Å²) in [6, 6.07) is 6.54. The molecule has 0 aliphatic heterocycles. The van der Waals surface area contributed by atoms with Gasteiger partial charge in [-0.3, -0.25) is 0 Å². The highest BCUT2D eigenvalue weighted by Crippen LogP contribution is 2.17. The van der Waals surface area contributed by atoms with Crippen molar-refractivity contribution in [1.82, 2.24) is 5.32 Å². The highest BCUT2D eigenvalue weighted by atomic mass is 16.5. The van der Waals surface area contributed by atoms with Crippen LogP contribution in [-0.2, 0) is 11.2 Å². The maximum Gasteiger partial charge on any atom is 0.0587 e. The van der Waals surface area contributed by atoms with Crippen LogP contribution in [0.25, 0.3) is 0 Å². The summed E-state index contributed by atoms with van der Waals surface area (Å²) in [7, 11) is 1.74. The van der Waals surface area contributed by atoms with Gasteiger partial charge in [-0.1, -0.05) is 25.1 Å². The number of aryl methyl sites for hydroxylation is 2. The Balaban J connectivity index is 2.42. The van der Waals surface area contributed by atoms with Crippen molar-refractivity contribution < 1.29 is 4.74 Å². The molecule has 1 atom stereocenters. The van der Waals surface area contributed by atoms with Gasteiger partial charge >= 0.3 is 0 Å². The molecule has 0 aliphatic carbocycles. The number of methoxy groups -OCH3 is 1. The van der Waals surface area contributed by atoms with E-state index in [1.54, 1.807) is 7.11 Å². The number of hydrogen-bond donors (Lipinski definition) is 1. The van der Waals surface area contributed by atoms with E-state index in [1.807, 2.05) is 0 Å². The fourth-order valence-corrected chi connectivity index (χ4v) is 2.11. The lowest BCUT2D eigenvalue weighted by molar-refractivity contribution is 0.198. The maximum atomic E-state index is 5.02. The van der Waals surface area contributed by atoms with Crippen molar-refractivity contribution in [2.75, 3.05) is 26.8 Å². The van der Waals surface area contributed by atoms with Gasteiger partial charge in [-0.25, -0.2) is 0 Å².